The fourth-order valence-electron chi connectivity index (χ4n) is 3.94. The van der Waals surface area contributed by atoms with Gasteiger partial charge < -0.3 is 0 Å². The Kier molecular flexibility index (Phi) is 9.91. The first-order chi connectivity index (χ1) is 18.4. The molecule has 4 rings (SSSR count). The van der Waals surface area contributed by atoms with E-state index in [0.29, 0.717) is 19.0 Å². The van der Waals surface area contributed by atoms with Gasteiger partial charge in [0.05, 0.1) is 21.2 Å². The van der Waals surface area contributed by atoms with Crippen molar-refractivity contribution < 1.29 is 19.2 Å². The number of amides is 3. The SMILES string of the molecule is O=C(c1ccc(Cl)cc1)[C@@H](CCCl)N(C(=O)c1ccc(Cl)c(Cl)c1)N1C(=O)c2c(Br)c(Br)c(Br)c(Br)c2C1=O. The lowest BCUT2D eigenvalue weighted by atomic mass is 10.0. The van der Waals surface area contributed by atoms with Gasteiger partial charge >= 0.3 is 0 Å². The molecule has 3 amide bonds. The first-order valence-corrected chi connectivity index (χ1v) is 15.6. The molecule has 0 bridgehead atoms. The van der Waals surface area contributed by atoms with Gasteiger partial charge in [-0.1, -0.05) is 34.8 Å². The highest BCUT2D eigenvalue weighted by Gasteiger charge is 2.48. The van der Waals surface area contributed by atoms with E-state index in [-0.39, 0.29) is 53.5 Å². The van der Waals surface area contributed by atoms with Crippen LogP contribution in [0.2, 0.25) is 15.1 Å². The molecule has 0 unspecified atom stereocenters. The number of nitrogens with zero attached hydrogens (tertiary/aromatic N) is 2. The van der Waals surface area contributed by atoms with Crippen LogP contribution in [-0.2, 0) is 0 Å². The minimum absolute atomic E-state index is 0.00236. The molecule has 0 aromatic heterocycles. The molecular weight excluding hydrogens is 854 g/mol. The van der Waals surface area contributed by atoms with Crippen LogP contribution >= 0.6 is 110 Å². The highest BCUT2D eigenvalue weighted by molar-refractivity contribution is 9.15. The zero-order valence-electron chi connectivity index (χ0n) is 19.1. The second kappa shape index (κ2) is 12.5. The fraction of sp³-hybridized carbons (Fsp3) is 0.120. The molecule has 1 aliphatic rings. The van der Waals surface area contributed by atoms with Gasteiger partial charge in [0.25, 0.3) is 17.7 Å². The summed E-state index contributed by atoms with van der Waals surface area (Å²) >= 11 is 37.8. The Hall–Kier alpha value is -0.980. The van der Waals surface area contributed by atoms with Crippen LogP contribution < -0.4 is 0 Å². The van der Waals surface area contributed by atoms with Gasteiger partial charge in [-0.15, -0.1) is 11.6 Å². The second-order valence-corrected chi connectivity index (χ2v) is 12.9. The number of ketones is 1. The number of benzene rings is 3. The highest BCUT2D eigenvalue weighted by Crippen LogP contribution is 2.46. The van der Waals surface area contributed by atoms with E-state index < -0.39 is 29.5 Å². The van der Waals surface area contributed by atoms with Crippen LogP contribution in [-0.4, -0.2) is 45.4 Å². The predicted octanol–water partition coefficient (Wildman–Crippen LogP) is 9.23. The molecule has 1 heterocycles. The molecule has 1 aliphatic heterocycles. The molecule has 0 saturated heterocycles. The molecular formula is C25H12Br4Cl4N2O4. The summed E-state index contributed by atoms with van der Waals surface area (Å²) in [5.41, 5.74) is 0.186. The molecule has 0 radical (unpaired) electrons. The molecule has 202 valence electrons. The first-order valence-electron chi connectivity index (χ1n) is 10.8. The fourth-order valence-corrected chi connectivity index (χ4v) is 7.03. The molecule has 6 nitrogen and oxygen atoms in total. The van der Waals surface area contributed by atoms with E-state index in [1.807, 2.05) is 0 Å². The summed E-state index contributed by atoms with van der Waals surface area (Å²) in [5, 5.41) is 2.16. The van der Waals surface area contributed by atoms with Gasteiger partial charge in [0.2, 0.25) is 0 Å². The quantitative estimate of drug-likeness (QED) is 0.0781. The maximum atomic E-state index is 14.1. The third-order valence-electron chi connectivity index (χ3n) is 5.78. The lowest BCUT2D eigenvalue weighted by molar-refractivity contribution is -0.00965. The third kappa shape index (κ3) is 5.73. The number of alkyl halides is 1. The van der Waals surface area contributed by atoms with Crippen molar-refractivity contribution in [2.75, 3.05) is 5.88 Å². The van der Waals surface area contributed by atoms with E-state index in [9.17, 15) is 19.2 Å². The number of Topliss-reactive ketones (excluding diaryl/α,β-unsaturated/α-hetero) is 1. The molecule has 1 atom stereocenters. The van der Waals surface area contributed by atoms with E-state index in [4.69, 9.17) is 46.4 Å². The Balaban J connectivity index is 1.93. The van der Waals surface area contributed by atoms with Gasteiger partial charge in [-0.25, -0.2) is 5.01 Å². The van der Waals surface area contributed by atoms with Crippen LogP contribution in [0.25, 0.3) is 0 Å². The Morgan fingerprint density at radius 3 is 1.77 bits per heavy atom. The molecule has 3 aromatic carbocycles. The van der Waals surface area contributed by atoms with Crippen LogP contribution in [0, 0.1) is 0 Å². The number of carbonyl (C=O) groups excluding carboxylic acids is 4. The summed E-state index contributed by atoms with van der Waals surface area (Å²) in [4.78, 5) is 55.6. The number of imide groups is 1. The number of hydrazine groups is 1. The van der Waals surface area contributed by atoms with Gasteiger partial charge in [0.1, 0.15) is 6.04 Å². The molecule has 0 aliphatic carbocycles. The second-order valence-electron chi connectivity index (χ2n) is 8.07. The Morgan fingerprint density at radius 2 is 1.28 bits per heavy atom. The number of hydrogen-bond donors (Lipinski definition) is 0. The molecule has 14 heteroatoms. The van der Waals surface area contributed by atoms with E-state index >= 15 is 0 Å². The van der Waals surface area contributed by atoms with Crippen molar-refractivity contribution in [3.05, 3.63) is 97.7 Å². The molecule has 3 aromatic rings. The third-order valence-corrected chi connectivity index (χ3v) is 11.8. The lowest BCUT2D eigenvalue weighted by Crippen LogP contribution is -2.57. The van der Waals surface area contributed by atoms with Gasteiger partial charge in [-0.05, 0) is 113 Å². The van der Waals surface area contributed by atoms with Crippen molar-refractivity contribution in [3.63, 3.8) is 0 Å². The number of hydrogen-bond acceptors (Lipinski definition) is 4. The molecule has 0 fully saturated rings. The van der Waals surface area contributed by atoms with E-state index in [2.05, 4.69) is 63.7 Å². The standard InChI is InChI=1S/C25H12Br4Cl4N2O4/c26-18-16-17(19(27)21(29)20(18)28)25(39)35(24(16)38)34(23(37)11-3-6-13(32)14(33)9-11)15(7-8-30)22(36)10-1-4-12(31)5-2-10/h1-6,9,15H,7-8H2/t15-/m1/s1. The van der Waals surface area contributed by atoms with E-state index in [0.717, 1.165) is 5.01 Å². The van der Waals surface area contributed by atoms with Crippen molar-refractivity contribution >= 4 is 134 Å². The maximum Gasteiger partial charge on any atom is 0.282 e. The zero-order valence-corrected chi connectivity index (χ0v) is 28.5. The Morgan fingerprint density at radius 1 is 0.769 bits per heavy atom. The minimum Gasteiger partial charge on any atom is -0.292 e. The lowest BCUT2D eigenvalue weighted by Gasteiger charge is -2.36. The zero-order chi connectivity index (χ0) is 28.8. The molecule has 0 saturated carbocycles. The van der Waals surface area contributed by atoms with Crippen molar-refractivity contribution in [2.45, 2.75) is 12.5 Å². The summed E-state index contributed by atoms with van der Waals surface area (Å²) in [7, 11) is 0. The number of carbonyl (C=O) groups is 4. The number of halogens is 8. The normalized spacial score (nSPS) is 13.5. The Bertz CT molecular complexity index is 1510. The van der Waals surface area contributed by atoms with Crippen LogP contribution in [0.5, 0.6) is 0 Å². The summed E-state index contributed by atoms with van der Waals surface area (Å²) in [6.07, 6.45) is -0.0841. The van der Waals surface area contributed by atoms with Gasteiger partial charge in [0, 0.05) is 39.9 Å². The van der Waals surface area contributed by atoms with E-state index in [1.165, 1.54) is 42.5 Å². The largest absolute Gasteiger partial charge is 0.292 e. The summed E-state index contributed by atoms with van der Waals surface area (Å²) < 4.78 is 1.50. The van der Waals surface area contributed by atoms with Gasteiger partial charge in [-0.2, -0.15) is 5.01 Å². The summed E-state index contributed by atoms with van der Waals surface area (Å²) in [5.74, 6) is -3.12. The van der Waals surface area contributed by atoms with Crippen LogP contribution in [0.1, 0.15) is 47.9 Å². The Labute approximate surface area is 276 Å². The molecule has 39 heavy (non-hydrogen) atoms. The number of fused-ring (bicyclic) bond motifs is 1. The first kappa shape index (κ1) is 31.0. The predicted molar refractivity (Wildman–Crippen MR) is 165 cm³/mol. The van der Waals surface area contributed by atoms with Crippen molar-refractivity contribution in [1.29, 1.82) is 0 Å². The van der Waals surface area contributed by atoms with Gasteiger partial charge in [0.15, 0.2) is 5.78 Å². The average molecular weight is 866 g/mol. The van der Waals surface area contributed by atoms with Crippen LogP contribution in [0.15, 0.2) is 60.4 Å². The topological polar surface area (TPSA) is 74.8 Å². The average Bonchev–Trinajstić information content (AvgIpc) is 3.17. The highest BCUT2D eigenvalue weighted by atomic mass is 79.9. The number of rotatable bonds is 7. The van der Waals surface area contributed by atoms with Crippen molar-refractivity contribution in [2.24, 2.45) is 0 Å². The van der Waals surface area contributed by atoms with Crippen LogP contribution in [0.3, 0.4) is 0 Å². The smallest absolute Gasteiger partial charge is 0.282 e. The van der Waals surface area contributed by atoms with Gasteiger partial charge in [-0.3, -0.25) is 19.2 Å². The van der Waals surface area contributed by atoms with Crippen molar-refractivity contribution in [1.82, 2.24) is 10.0 Å². The molecule has 0 N–H and O–H groups in total. The summed E-state index contributed by atoms with van der Waals surface area (Å²) in [6, 6.07) is 8.72. The minimum atomic E-state index is -1.35. The maximum absolute atomic E-state index is 14.1. The van der Waals surface area contributed by atoms with Crippen molar-refractivity contribution in [3.8, 4) is 0 Å². The van der Waals surface area contributed by atoms with Crippen LogP contribution in [0.4, 0.5) is 0 Å². The molecule has 0 spiro atoms. The van der Waals surface area contributed by atoms with E-state index in [1.54, 1.807) is 0 Å². The monoisotopic (exact) mass is 860 g/mol. The summed E-state index contributed by atoms with van der Waals surface area (Å²) in [6.45, 7) is 0.